The maximum absolute atomic E-state index is 12.6. The fourth-order valence-corrected chi connectivity index (χ4v) is 3.68. The third kappa shape index (κ3) is 4.92. The number of nitriles is 1. The van der Waals surface area contributed by atoms with Crippen LogP contribution in [0.25, 0.3) is 0 Å². The second kappa shape index (κ2) is 9.93. The zero-order valence-corrected chi connectivity index (χ0v) is 16.5. The number of carbonyl (C=O) groups is 1. The molecular formula is C23H23N3OS. The molecule has 1 heterocycles. The van der Waals surface area contributed by atoms with Gasteiger partial charge in [0.25, 0.3) is 5.91 Å². The van der Waals surface area contributed by atoms with E-state index in [-0.39, 0.29) is 5.91 Å². The monoisotopic (exact) mass is 389 g/mol. The number of hydrogen-bond acceptors (Lipinski definition) is 4. The average Bonchev–Trinajstić information content (AvgIpc) is 2.79. The minimum Gasteiger partial charge on any atom is -0.308 e. The minimum atomic E-state index is 0.0243. The Bertz CT molecular complexity index is 929. The summed E-state index contributed by atoms with van der Waals surface area (Å²) in [6.07, 6.45) is 10.5. The van der Waals surface area contributed by atoms with E-state index in [1.807, 2.05) is 47.4 Å². The number of aryl methyl sites for hydroxylation is 1. The van der Waals surface area contributed by atoms with Gasteiger partial charge in [-0.25, -0.2) is 0 Å². The summed E-state index contributed by atoms with van der Waals surface area (Å²) in [4.78, 5) is 15.6. The summed E-state index contributed by atoms with van der Waals surface area (Å²) < 4.78 is 0. The molecule has 5 heteroatoms. The zero-order chi connectivity index (χ0) is 19.8. The smallest absolute Gasteiger partial charge is 0.258 e. The Morgan fingerprint density at radius 1 is 1.14 bits per heavy atom. The molecule has 28 heavy (non-hydrogen) atoms. The van der Waals surface area contributed by atoms with Gasteiger partial charge in [-0.15, -0.1) is 0 Å². The van der Waals surface area contributed by atoms with E-state index in [4.69, 9.17) is 10.4 Å². The molecule has 2 aromatic carbocycles. The molecule has 2 aliphatic rings. The quantitative estimate of drug-likeness (QED) is 0.736. The lowest BCUT2D eigenvalue weighted by atomic mass is 9.98. The molecule has 4 nitrogen and oxygen atoms in total. The van der Waals surface area contributed by atoms with E-state index in [0.717, 1.165) is 37.1 Å². The highest BCUT2D eigenvalue weighted by Crippen LogP contribution is 2.29. The highest BCUT2D eigenvalue weighted by Gasteiger charge is 2.23. The van der Waals surface area contributed by atoms with Gasteiger partial charge < -0.3 is 4.90 Å². The molecule has 0 aromatic heterocycles. The fourth-order valence-electron chi connectivity index (χ4n) is 3.29. The van der Waals surface area contributed by atoms with Crippen LogP contribution in [0, 0.1) is 11.3 Å². The van der Waals surface area contributed by atoms with Gasteiger partial charge in [0.1, 0.15) is 0 Å². The molecule has 4 rings (SSSR count). The Kier molecular flexibility index (Phi) is 7.07. The minimum absolute atomic E-state index is 0.0243. The number of allylic oxidation sites excluding steroid dienone is 3. The van der Waals surface area contributed by atoms with Crippen molar-refractivity contribution in [1.29, 1.82) is 5.26 Å². The van der Waals surface area contributed by atoms with Crippen molar-refractivity contribution < 1.29 is 4.79 Å². The third-order valence-electron chi connectivity index (χ3n) is 4.69. The van der Waals surface area contributed by atoms with E-state index >= 15 is 0 Å². The molecule has 0 unspecified atom stereocenters. The van der Waals surface area contributed by atoms with Crippen molar-refractivity contribution in [3.05, 3.63) is 88.4 Å². The van der Waals surface area contributed by atoms with Crippen LogP contribution >= 0.6 is 11.9 Å². The highest BCUT2D eigenvalue weighted by molar-refractivity contribution is 8.01. The maximum Gasteiger partial charge on any atom is 0.258 e. The van der Waals surface area contributed by atoms with Crippen LogP contribution in [0.2, 0.25) is 0 Å². The molecule has 0 saturated heterocycles. The molecule has 1 aliphatic carbocycles. The summed E-state index contributed by atoms with van der Waals surface area (Å²) in [5.74, 6) is 0.0243. The molecule has 1 aliphatic heterocycles. The first-order chi connectivity index (χ1) is 13.7. The van der Waals surface area contributed by atoms with Crippen LogP contribution in [0.15, 0.2) is 71.7 Å². The Morgan fingerprint density at radius 3 is 2.61 bits per heavy atom. The van der Waals surface area contributed by atoms with E-state index in [1.54, 1.807) is 6.07 Å². The summed E-state index contributed by atoms with van der Waals surface area (Å²) in [5, 5.41) is 14.3. The van der Waals surface area contributed by atoms with Gasteiger partial charge in [-0.2, -0.15) is 5.26 Å². The van der Waals surface area contributed by atoms with Crippen molar-refractivity contribution in [2.75, 3.05) is 11.4 Å². The number of nitrogens with zero attached hydrogens (tertiary/aromatic N) is 2. The molecule has 0 radical (unpaired) electrons. The predicted molar refractivity (Wildman–Crippen MR) is 116 cm³/mol. The van der Waals surface area contributed by atoms with Gasteiger partial charge >= 0.3 is 0 Å². The highest BCUT2D eigenvalue weighted by atomic mass is 32.2. The van der Waals surface area contributed by atoms with Gasteiger partial charge in [0, 0.05) is 22.7 Å². The standard InChI is InChI=1S/C17H14N2O.C6H9NS/c18-12-13-8-9-16-15(11-13)7-4-10-19(16)17(20)14-5-2-1-3-6-14;7-8-6-4-2-1-3-5-6/h1-3,5-6,8-9,11H,4,7,10H2;2,4-5H,1,3,7H2. The van der Waals surface area contributed by atoms with E-state index in [9.17, 15) is 4.79 Å². The van der Waals surface area contributed by atoms with Crippen molar-refractivity contribution in [3.8, 4) is 6.07 Å². The van der Waals surface area contributed by atoms with E-state index in [0.29, 0.717) is 11.1 Å². The molecule has 1 amide bonds. The van der Waals surface area contributed by atoms with Crippen LogP contribution in [0.1, 0.15) is 40.7 Å². The summed E-state index contributed by atoms with van der Waals surface area (Å²) in [7, 11) is 0. The van der Waals surface area contributed by atoms with Crippen molar-refractivity contribution in [1.82, 2.24) is 0 Å². The van der Waals surface area contributed by atoms with Crippen LogP contribution in [0.4, 0.5) is 5.69 Å². The van der Waals surface area contributed by atoms with Gasteiger partial charge in [0.2, 0.25) is 0 Å². The molecule has 0 atom stereocenters. The number of amides is 1. The summed E-state index contributed by atoms with van der Waals surface area (Å²) in [6, 6.07) is 17.0. The van der Waals surface area contributed by atoms with Gasteiger partial charge in [-0.1, -0.05) is 36.4 Å². The molecule has 0 saturated carbocycles. The molecule has 0 spiro atoms. The molecular weight excluding hydrogens is 366 g/mol. The van der Waals surface area contributed by atoms with Crippen molar-refractivity contribution in [2.24, 2.45) is 5.14 Å². The van der Waals surface area contributed by atoms with Gasteiger partial charge in [0.05, 0.1) is 11.6 Å². The first-order valence-electron chi connectivity index (χ1n) is 9.36. The molecule has 0 fully saturated rings. The first kappa shape index (κ1) is 19.9. The van der Waals surface area contributed by atoms with E-state index in [2.05, 4.69) is 24.3 Å². The SMILES string of the molecule is N#Cc1ccc2c(c1)CCCN2C(=O)c1ccccc1.NSC1=CCCC=C1. The van der Waals surface area contributed by atoms with Crippen LogP contribution in [0.3, 0.4) is 0 Å². The van der Waals surface area contributed by atoms with Crippen molar-refractivity contribution in [2.45, 2.75) is 25.7 Å². The number of hydrogen-bond donors (Lipinski definition) is 1. The Hall–Kier alpha value is -2.81. The summed E-state index contributed by atoms with van der Waals surface area (Å²) in [5.41, 5.74) is 3.37. The lowest BCUT2D eigenvalue weighted by molar-refractivity contribution is 0.0985. The largest absolute Gasteiger partial charge is 0.308 e. The molecule has 2 aromatic rings. The maximum atomic E-state index is 12.6. The average molecular weight is 390 g/mol. The number of carbonyl (C=O) groups excluding carboxylic acids is 1. The number of anilines is 1. The normalized spacial score (nSPS) is 14.9. The van der Waals surface area contributed by atoms with Gasteiger partial charge in [0.15, 0.2) is 0 Å². The number of rotatable bonds is 2. The first-order valence-corrected chi connectivity index (χ1v) is 10.2. The van der Waals surface area contributed by atoms with Crippen LogP contribution in [-0.4, -0.2) is 12.5 Å². The summed E-state index contributed by atoms with van der Waals surface area (Å²) >= 11 is 1.32. The van der Waals surface area contributed by atoms with Gasteiger partial charge in [-0.3, -0.25) is 9.93 Å². The molecule has 142 valence electrons. The predicted octanol–water partition coefficient (Wildman–Crippen LogP) is 4.98. The van der Waals surface area contributed by atoms with Gasteiger partial charge in [-0.05, 0) is 73.5 Å². The fraction of sp³-hybridized carbons (Fsp3) is 0.217. The van der Waals surface area contributed by atoms with Crippen LogP contribution in [0.5, 0.6) is 0 Å². The summed E-state index contributed by atoms with van der Waals surface area (Å²) in [6.45, 7) is 0.729. The molecule has 0 bridgehead atoms. The Morgan fingerprint density at radius 2 is 1.96 bits per heavy atom. The second-order valence-electron chi connectivity index (χ2n) is 6.59. The number of nitrogens with two attached hydrogens (primary N) is 1. The number of fused-ring (bicyclic) bond motifs is 1. The van der Waals surface area contributed by atoms with Crippen molar-refractivity contribution >= 4 is 23.5 Å². The lowest BCUT2D eigenvalue weighted by Gasteiger charge is -2.29. The topological polar surface area (TPSA) is 70.1 Å². The third-order valence-corrected chi connectivity index (χ3v) is 5.27. The lowest BCUT2D eigenvalue weighted by Crippen LogP contribution is -2.35. The molecule has 2 N–H and O–H groups in total. The van der Waals surface area contributed by atoms with E-state index < -0.39 is 0 Å². The van der Waals surface area contributed by atoms with Crippen LogP contribution < -0.4 is 10.0 Å². The van der Waals surface area contributed by atoms with E-state index in [1.165, 1.54) is 23.3 Å². The number of benzene rings is 2. The van der Waals surface area contributed by atoms with Crippen molar-refractivity contribution in [3.63, 3.8) is 0 Å². The Labute approximate surface area is 170 Å². The Balaban J connectivity index is 0.000000236. The second-order valence-corrected chi connectivity index (χ2v) is 7.29. The van der Waals surface area contributed by atoms with Crippen LogP contribution in [-0.2, 0) is 6.42 Å². The zero-order valence-electron chi connectivity index (χ0n) is 15.7.